The van der Waals surface area contributed by atoms with Crippen molar-refractivity contribution in [3.63, 3.8) is 0 Å². The van der Waals surface area contributed by atoms with E-state index < -0.39 is 10.0 Å². The van der Waals surface area contributed by atoms with Crippen LogP contribution in [0.25, 0.3) is 0 Å². The van der Waals surface area contributed by atoms with Crippen molar-refractivity contribution in [2.75, 3.05) is 25.5 Å². The van der Waals surface area contributed by atoms with E-state index in [1.807, 2.05) is 31.2 Å². The molecule has 0 N–H and O–H groups in total. The lowest BCUT2D eigenvalue weighted by molar-refractivity contribution is -0.118. The number of hydrogen-bond donors (Lipinski definition) is 0. The van der Waals surface area contributed by atoms with Gasteiger partial charge in [0.15, 0.2) is 0 Å². The monoisotopic (exact) mass is 346 g/mol. The first-order valence-electron chi connectivity index (χ1n) is 7.58. The number of amides is 1. The maximum Gasteiger partial charge on any atom is 0.243 e. The average Bonchev–Trinajstić information content (AvgIpc) is 2.56. The second kappa shape index (κ2) is 7.15. The van der Waals surface area contributed by atoms with Crippen LogP contribution in [-0.4, -0.2) is 39.3 Å². The summed E-state index contributed by atoms with van der Waals surface area (Å²) in [5.74, 6) is -0.294. The largest absolute Gasteiger partial charge is 0.314 e. The molecule has 0 saturated heterocycles. The molecule has 0 spiro atoms. The molecule has 0 aliphatic heterocycles. The van der Waals surface area contributed by atoms with Gasteiger partial charge in [-0.15, -0.1) is 0 Å². The Balaban J connectivity index is 2.20. The van der Waals surface area contributed by atoms with Gasteiger partial charge in [0.25, 0.3) is 0 Å². The summed E-state index contributed by atoms with van der Waals surface area (Å²) in [6.45, 7) is 3.37. The molecule has 2 aromatic carbocycles. The molecule has 0 saturated carbocycles. The Labute approximate surface area is 143 Å². The highest BCUT2D eigenvalue weighted by atomic mass is 32.2. The minimum Gasteiger partial charge on any atom is -0.314 e. The van der Waals surface area contributed by atoms with Gasteiger partial charge >= 0.3 is 0 Å². The van der Waals surface area contributed by atoms with Crippen molar-refractivity contribution < 1.29 is 13.2 Å². The van der Waals surface area contributed by atoms with Crippen molar-refractivity contribution in [1.29, 1.82) is 0 Å². The van der Waals surface area contributed by atoms with Crippen LogP contribution in [0.4, 0.5) is 5.69 Å². The van der Waals surface area contributed by atoms with E-state index in [-0.39, 0.29) is 17.3 Å². The Morgan fingerprint density at radius 2 is 1.62 bits per heavy atom. The van der Waals surface area contributed by atoms with Crippen molar-refractivity contribution in [1.82, 2.24) is 4.31 Å². The lowest BCUT2D eigenvalue weighted by Crippen LogP contribution is -2.39. The number of rotatable bonds is 5. The highest BCUT2D eigenvalue weighted by molar-refractivity contribution is 7.89. The summed E-state index contributed by atoms with van der Waals surface area (Å²) in [4.78, 5) is 14.1. The van der Waals surface area contributed by atoms with E-state index >= 15 is 0 Å². The molecule has 0 radical (unpaired) electrons. The zero-order chi connectivity index (χ0) is 17.9. The van der Waals surface area contributed by atoms with E-state index in [1.165, 1.54) is 11.9 Å². The Morgan fingerprint density at radius 1 is 1.00 bits per heavy atom. The number of anilines is 1. The van der Waals surface area contributed by atoms with E-state index in [1.54, 1.807) is 38.2 Å². The number of aryl methyl sites for hydroxylation is 2. The maximum atomic E-state index is 12.8. The van der Waals surface area contributed by atoms with E-state index in [9.17, 15) is 13.2 Å². The summed E-state index contributed by atoms with van der Waals surface area (Å²) < 4.78 is 26.6. The summed E-state index contributed by atoms with van der Waals surface area (Å²) in [6.07, 6.45) is 0. The van der Waals surface area contributed by atoms with Crippen molar-refractivity contribution in [2.45, 2.75) is 18.7 Å². The van der Waals surface area contributed by atoms with Gasteiger partial charge in [-0.25, -0.2) is 8.42 Å². The van der Waals surface area contributed by atoms with E-state index in [0.717, 1.165) is 15.6 Å². The van der Waals surface area contributed by atoms with Gasteiger partial charge in [0.2, 0.25) is 15.9 Å². The number of nitrogens with zero attached hydrogens (tertiary/aromatic N) is 2. The zero-order valence-corrected chi connectivity index (χ0v) is 15.2. The highest BCUT2D eigenvalue weighted by Gasteiger charge is 2.26. The second-order valence-electron chi connectivity index (χ2n) is 5.82. The molecule has 128 valence electrons. The maximum absolute atomic E-state index is 12.8. The van der Waals surface area contributed by atoms with Gasteiger partial charge in [0, 0.05) is 19.8 Å². The van der Waals surface area contributed by atoms with E-state index in [2.05, 4.69) is 0 Å². The molecule has 0 heterocycles. The van der Waals surface area contributed by atoms with Crippen LogP contribution in [0.3, 0.4) is 0 Å². The molecule has 0 aromatic heterocycles. The number of para-hydroxylation sites is 1. The lowest BCUT2D eigenvalue weighted by Gasteiger charge is -2.22. The van der Waals surface area contributed by atoms with E-state index in [4.69, 9.17) is 0 Å². The normalized spacial score (nSPS) is 11.5. The Hall–Kier alpha value is -2.18. The molecular formula is C18H22N2O3S. The minimum absolute atomic E-state index is 0.221. The van der Waals surface area contributed by atoms with E-state index in [0.29, 0.717) is 5.56 Å². The molecule has 0 unspecified atom stereocenters. The minimum atomic E-state index is -3.72. The second-order valence-corrected chi connectivity index (χ2v) is 7.83. The predicted octanol–water partition coefficient (Wildman–Crippen LogP) is 2.59. The molecule has 2 aromatic rings. The SMILES string of the molecule is Cc1ccc(C)c(S(=O)(=O)N(C)CC(=O)N(C)c2ccccc2)c1. The predicted molar refractivity (Wildman–Crippen MR) is 95.6 cm³/mol. The third-order valence-electron chi connectivity index (χ3n) is 3.91. The molecule has 24 heavy (non-hydrogen) atoms. The quantitative estimate of drug-likeness (QED) is 0.836. The molecule has 0 bridgehead atoms. The number of carbonyl (C=O) groups excluding carboxylic acids is 1. The summed E-state index contributed by atoms with van der Waals surface area (Å²) in [7, 11) is -0.658. The number of benzene rings is 2. The number of likely N-dealkylation sites (N-methyl/N-ethyl adjacent to an activating group) is 2. The van der Waals surface area contributed by atoms with Gasteiger partial charge < -0.3 is 4.90 Å². The van der Waals surface area contributed by atoms with Gasteiger partial charge in [-0.2, -0.15) is 4.31 Å². The standard InChI is InChI=1S/C18H22N2O3S/c1-14-10-11-15(2)17(12-14)24(22,23)19(3)13-18(21)20(4)16-8-6-5-7-9-16/h5-12H,13H2,1-4H3. The van der Waals surface area contributed by atoms with Crippen LogP contribution in [0.2, 0.25) is 0 Å². The first-order valence-corrected chi connectivity index (χ1v) is 9.02. The fourth-order valence-corrected chi connectivity index (χ4v) is 3.76. The molecule has 5 nitrogen and oxygen atoms in total. The van der Waals surface area contributed by atoms with Crippen LogP contribution >= 0.6 is 0 Å². The van der Waals surface area contributed by atoms with Gasteiger partial charge in [-0.1, -0.05) is 30.3 Å². The number of hydrogen-bond acceptors (Lipinski definition) is 3. The van der Waals surface area contributed by atoms with Crippen LogP contribution in [0.5, 0.6) is 0 Å². The smallest absolute Gasteiger partial charge is 0.243 e. The third kappa shape index (κ3) is 3.83. The van der Waals surface area contributed by atoms with Crippen molar-refractivity contribution in [3.05, 3.63) is 59.7 Å². The molecule has 1 amide bonds. The molecule has 0 aliphatic rings. The topological polar surface area (TPSA) is 57.7 Å². The van der Waals surface area contributed by atoms with Crippen molar-refractivity contribution in [3.8, 4) is 0 Å². The van der Waals surface area contributed by atoms with Crippen LogP contribution in [0, 0.1) is 13.8 Å². The molecule has 0 atom stereocenters. The first kappa shape index (κ1) is 18.2. The molecule has 2 rings (SSSR count). The Morgan fingerprint density at radius 3 is 2.25 bits per heavy atom. The lowest BCUT2D eigenvalue weighted by atomic mass is 10.2. The van der Waals surface area contributed by atoms with Gasteiger partial charge in [-0.05, 0) is 43.2 Å². The van der Waals surface area contributed by atoms with Crippen molar-refractivity contribution in [2.24, 2.45) is 0 Å². The number of carbonyl (C=O) groups is 1. The molecular weight excluding hydrogens is 324 g/mol. The summed E-state index contributed by atoms with van der Waals surface area (Å²) in [6, 6.07) is 14.4. The van der Waals surface area contributed by atoms with Gasteiger partial charge in [0.05, 0.1) is 11.4 Å². The molecule has 0 aliphatic carbocycles. The average molecular weight is 346 g/mol. The zero-order valence-electron chi connectivity index (χ0n) is 14.4. The fraction of sp³-hybridized carbons (Fsp3) is 0.278. The molecule has 6 heteroatoms. The first-order chi connectivity index (χ1) is 11.2. The summed E-state index contributed by atoms with van der Waals surface area (Å²) in [5.41, 5.74) is 2.25. The summed E-state index contributed by atoms with van der Waals surface area (Å²) in [5, 5.41) is 0. The van der Waals surface area contributed by atoms with Crippen molar-refractivity contribution >= 4 is 21.6 Å². The van der Waals surface area contributed by atoms with Gasteiger partial charge in [0.1, 0.15) is 0 Å². The van der Waals surface area contributed by atoms with Gasteiger partial charge in [-0.3, -0.25) is 4.79 Å². The Bertz CT molecular complexity index is 833. The summed E-state index contributed by atoms with van der Waals surface area (Å²) >= 11 is 0. The van der Waals surface area contributed by atoms with Crippen LogP contribution < -0.4 is 4.90 Å². The number of sulfonamides is 1. The third-order valence-corrected chi connectivity index (χ3v) is 5.85. The van der Waals surface area contributed by atoms with Crippen LogP contribution in [0.15, 0.2) is 53.4 Å². The fourth-order valence-electron chi connectivity index (χ4n) is 2.33. The van der Waals surface area contributed by atoms with Crippen LogP contribution in [0.1, 0.15) is 11.1 Å². The highest BCUT2D eigenvalue weighted by Crippen LogP contribution is 2.20. The molecule has 0 fully saturated rings. The Kier molecular flexibility index (Phi) is 5.41. The van der Waals surface area contributed by atoms with Crippen LogP contribution in [-0.2, 0) is 14.8 Å².